The number of carbonyl (C=O) groups is 1. The number of aliphatic hydroxyl groups is 1. The number of hydrogen-bond donors (Lipinski definition) is 1. The van der Waals surface area contributed by atoms with E-state index < -0.39 is 34.8 Å². The first-order valence-electron chi connectivity index (χ1n) is 7.43. The van der Waals surface area contributed by atoms with Crippen LogP contribution in [0.5, 0.6) is 0 Å². The molecular weight excluding hydrogens is 304 g/mol. The molecule has 2 heterocycles. The van der Waals surface area contributed by atoms with Crippen molar-refractivity contribution in [1.29, 1.82) is 0 Å². The van der Waals surface area contributed by atoms with E-state index in [-0.39, 0.29) is 12.1 Å². The van der Waals surface area contributed by atoms with Gasteiger partial charge in [-0.25, -0.2) is 0 Å². The smallest absolute Gasteiger partial charge is 0.303 e. The Kier molecular flexibility index (Phi) is 4.96. The number of hydrogen-bond acceptors (Lipinski definition) is 7. The van der Waals surface area contributed by atoms with Crippen molar-refractivity contribution in [3.05, 3.63) is 34.1 Å². The molecule has 23 heavy (non-hydrogen) atoms. The highest BCUT2D eigenvalue weighted by Crippen LogP contribution is 2.42. The van der Waals surface area contributed by atoms with Gasteiger partial charge in [-0.15, -0.1) is 0 Å². The predicted octanol–water partition coefficient (Wildman–Crippen LogP) is 1.91. The minimum Gasteiger partial charge on any atom is -0.459 e. The lowest BCUT2D eigenvalue weighted by Crippen LogP contribution is -2.57. The Hall–Kier alpha value is -2.06. The molecule has 0 radical (unpaired) electrons. The van der Waals surface area contributed by atoms with E-state index in [0.717, 1.165) is 6.20 Å². The zero-order chi connectivity index (χ0) is 17.2. The van der Waals surface area contributed by atoms with Crippen molar-refractivity contribution in [3.8, 4) is 0 Å². The van der Waals surface area contributed by atoms with Crippen LogP contribution in [0, 0.1) is 10.1 Å². The maximum Gasteiger partial charge on any atom is 0.303 e. The zero-order valence-electron chi connectivity index (χ0n) is 13.3. The Labute approximate surface area is 133 Å². The van der Waals surface area contributed by atoms with Crippen LogP contribution in [0.15, 0.2) is 18.5 Å². The minimum atomic E-state index is -1.33. The molecule has 1 aromatic rings. The Morgan fingerprint density at radius 1 is 1.65 bits per heavy atom. The molecule has 8 heteroatoms. The Balaban J connectivity index is 2.36. The topological polar surface area (TPSA) is 112 Å². The summed E-state index contributed by atoms with van der Waals surface area (Å²) in [6.07, 6.45) is 0.957. The highest BCUT2D eigenvalue weighted by Gasteiger charge is 2.50. The predicted molar refractivity (Wildman–Crippen MR) is 79.6 cm³/mol. The molecule has 1 aliphatic heterocycles. The van der Waals surface area contributed by atoms with E-state index in [9.17, 15) is 20.0 Å². The minimum absolute atomic E-state index is 0.138. The van der Waals surface area contributed by atoms with Gasteiger partial charge < -0.3 is 14.6 Å². The monoisotopic (exact) mass is 324 g/mol. The van der Waals surface area contributed by atoms with E-state index >= 15 is 0 Å². The normalized spacial score (nSPS) is 30.7. The number of nitrogens with zero attached hydrogens (tertiary/aromatic N) is 2. The van der Waals surface area contributed by atoms with Crippen LogP contribution in [0.3, 0.4) is 0 Å². The van der Waals surface area contributed by atoms with Gasteiger partial charge in [-0.2, -0.15) is 0 Å². The fraction of sp³-hybridized carbons (Fsp3) is 0.600. The van der Waals surface area contributed by atoms with Crippen LogP contribution in [-0.2, 0) is 14.3 Å². The van der Waals surface area contributed by atoms with Gasteiger partial charge in [0, 0.05) is 19.5 Å². The third-order valence-corrected chi connectivity index (χ3v) is 4.31. The highest BCUT2D eigenvalue weighted by molar-refractivity contribution is 5.66. The maximum absolute atomic E-state index is 11.3. The zero-order valence-corrected chi connectivity index (χ0v) is 13.3. The molecule has 0 aromatic carbocycles. The highest BCUT2D eigenvalue weighted by atomic mass is 16.6. The van der Waals surface area contributed by atoms with Crippen LogP contribution in [0.4, 0.5) is 5.69 Å². The maximum atomic E-state index is 11.3. The second-order valence-electron chi connectivity index (χ2n) is 5.64. The number of carbonyl (C=O) groups excluding carboxylic acids is 1. The molecule has 2 rings (SSSR count). The van der Waals surface area contributed by atoms with E-state index in [0.29, 0.717) is 12.0 Å². The van der Waals surface area contributed by atoms with Crippen LogP contribution in [0.2, 0.25) is 0 Å². The van der Waals surface area contributed by atoms with E-state index in [2.05, 4.69) is 4.98 Å². The van der Waals surface area contributed by atoms with Gasteiger partial charge in [0.25, 0.3) is 5.69 Å². The molecule has 1 saturated heterocycles. The molecule has 1 aromatic heterocycles. The molecular formula is C15H20N2O6. The molecule has 126 valence electrons. The van der Waals surface area contributed by atoms with Crippen LogP contribution >= 0.6 is 0 Å². The van der Waals surface area contributed by atoms with Crippen molar-refractivity contribution < 1.29 is 24.3 Å². The molecule has 4 atom stereocenters. The lowest BCUT2D eigenvalue weighted by atomic mass is 9.81. The Morgan fingerprint density at radius 3 is 2.91 bits per heavy atom. The van der Waals surface area contributed by atoms with Crippen molar-refractivity contribution in [2.24, 2.45) is 0 Å². The molecule has 1 fully saturated rings. The fourth-order valence-corrected chi connectivity index (χ4v) is 2.97. The molecule has 0 aliphatic carbocycles. The SMILES string of the molecule is CC[C@@]1(O)[C@@H](C)O[C@@H](c2ccncc2[N+](=O)[O-])C[C@H]1OC(C)=O. The van der Waals surface area contributed by atoms with Gasteiger partial charge in [0.15, 0.2) is 0 Å². The van der Waals surface area contributed by atoms with Crippen molar-refractivity contribution in [1.82, 2.24) is 4.98 Å². The van der Waals surface area contributed by atoms with Gasteiger partial charge in [0.1, 0.15) is 17.9 Å². The third kappa shape index (κ3) is 3.32. The van der Waals surface area contributed by atoms with Crippen molar-refractivity contribution >= 4 is 11.7 Å². The molecule has 1 N–H and O–H groups in total. The number of aromatic nitrogens is 1. The van der Waals surface area contributed by atoms with E-state index in [4.69, 9.17) is 9.47 Å². The molecule has 0 saturated carbocycles. The summed E-state index contributed by atoms with van der Waals surface area (Å²) in [6, 6.07) is 1.51. The van der Waals surface area contributed by atoms with Crippen LogP contribution in [0.25, 0.3) is 0 Å². The van der Waals surface area contributed by atoms with E-state index in [1.54, 1.807) is 13.8 Å². The van der Waals surface area contributed by atoms with Crippen LogP contribution < -0.4 is 0 Å². The quantitative estimate of drug-likeness (QED) is 0.511. The largest absolute Gasteiger partial charge is 0.459 e. The Morgan fingerprint density at radius 2 is 2.35 bits per heavy atom. The first kappa shape index (κ1) is 17.3. The van der Waals surface area contributed by atoms with Gasteiger partial charge in [0.2, 0.25) is 0 Å². The van der Waals surface area contributed by atoms with Crippen molar-refractivity contribution in [2.75, 3.05) is 0 Å². The second kappa shape index (κ2) is 6.59. The molecule has 0 unspecified atom stereocenters. The van der Waals surface area contributed by atoms with Crippen molar-refractivity contribution in [2.45, 2.75) is 57.5 Å². The molecule has 0 bridgehead atoms. The Bertz CT molecular complexity index is 607. The van der Waals surface area contributed by atoms with Gasteiger partial charge in [0.05, 0.1) is 22.7 Å². The van der Waals surface area contributed by atoms with Gasteiger partial charge >= 0.3 is 5.97 Å². The average molecular weight is 324 g/mol. The second-order valence-corrected chi connectivity index (χ2v) is 5.64. The first-order valence-corrected chi connectivity index (χ1v) is 7.43. The number of esters is 1. The van der Waals surface area contributed by atoms with Gasteiger partial charge in [-0.3, -0.25) is 19.9 Å². The number of pyridine rings is 1. The average Bonchev–Trinajstić information content (AvgIpc) is 2.51. The third-order valence-electron chi connectivity index (χ3n) is 4.31. The first-order chi connectivity index (χ1) is 10.8. The summed E-state index contributed by atoms with van der Waals surface area (Å²) in [5.74, 6) is -0.515. The summed E-state index contributed by atoms with van der Waals surface area (Å²) in [6.45, 7) is 4.70. The van der Waals surface area contributed by atoms with E-state index in [1.807, 2.05) is 0 Å². The van der Waals surface area contributed by atoms with Crippen LogP contribution in [0.1, 0.15) is 45.3 Å². The summed E-state index contributed by atoms with van der Waals surface area (Å²) in [5.41, 5.74) is -1.13. The molecule has 8 nitrogen and oxygen atoms in total. The fourth-order valence-electron chi connectivity index (χ4n) is 2.97. The summed E-state index contributed by atoms with van der Waals surface area (Å²) in [4.78, 5) is 25.7. The van der Waals surface area contributed by atoms with Gasteiger partial charge in [-0.05, 0) is 19.4 Å². The number of nitro groups is 1. The summed E-state index contributed by atoms with van der Waals surface area (Å²) < 4.78 is 11.1. The van der Waals surface area contributed by atoms with E-state index in [1.165, 1.54) is 19.2 Å². The summed E-state index contributed by atoms with van der Waals surface area (Å²) in [5, 5.41) is 21.9. The van der Waals surface area contributed by atoms with Crippen LogP contribution in [-0.4, -0.2) is 38.8 Å². The van der Waals surface area contributed by atoms with Gasteiger partial charge in [-0.1, -0.05) is 6.92 Å². The standard InChI is InChI=1S/C15H20N2O6/c1-4-15(19)9(2)22-13(7-14(15)23-10(3)18)11-5-6-16-8-12(11)17(20)21/h5-6,8-9,13-14,19H,4,7H2,1-3H3/t9-,13-,14-,15-/m1/s1. The lowest BCUT2D eigenvalue weighted by Gasteiger charge is -2.45. The molecule has 1 aliphatic rings. The lowest BCUT2D eigenvalue weighted by molar-refractivity contribution is -0.387. The molecule has 0 amide bonds. The summed E-state index contributed by atoms with van der Waals surface area (Å²) >= 11 is 0. The van der Waals surface area contributed by atoms with Crippen molar-refractivity contribution in [3.63, 3.8) is 0 Å². The number of ether oxygens (including phenoxy) is 2. The molecule has 0 spiro atoms. The summed E-state index contributed by atoms with van der Waals surface area (Å²) in [7, 11) is 0. The number of rotatable bonds is 4.